The van der Waals surface area contributed by atoms with E-state index in [4.69, 9.17) is 0 Å². The molecule has 1 aliphatic rings. The fraction of sp³-hybridized carbons (Fsp3) is 0.182. The van der Waals surface area contributed by atoms with Crippen molar-refractivity contribution in [2.45, 2.75) is 6.23 Å². The number of nitrogens with zero attached hydrogens (tertiary/aromatic N) is 2. The minimum absolute atomic E-state index is 0.274. The normalized spacial score (nSPS) is 17.3. The smallest absolute Gasteiger partial charge is 0.265 e. The van der Waals surface area contributed by atoms with E-state index in [1.165, 1.54) is 22.1 Å². The molecule has 3 heterocycles. The second-order valence-electron chi connectivity index (χ2n) is 3.85. The SMILES string of the molecule is O=Cc1ccc(-c2cnc3n(c2=O)C(O)CN3)s1. The highest BCUT2D eigenvalue weighted by atomic mass is 32.1. The van der Waals surface area contributed by atoms with Gasteiger partial charge in [0, 0.05) is 11.1 Å². The average molecular weight is 263 g/mol. The number of aromatic nitrogens is 2. The van der Waals surface area contributed by atoms with Gasteiger partial charge in [0.15, 0.2) is 12.5 Å². The minimum atomic E-state index is -0.898. The first-order valence-electron chi connectivity index (χ1n) is 5.29. The van der Waals surface area contributed by atoms with Crippen molar-refractivity contribution in [3.05, 3.63) is 33.6 Å². The molecule has 18 heavy (non-hydrogen) atoms. The summed E-state index contributed by atoms with van der Waals surface area (Å²) in [7, 11) is 0. The Hall–Kier alpha value is -1.99. The number of hydrogen-bond donors (Lipinski definition) is 2. The maximum Gasteiger partial charge on any atom is 0.265 e. The molecule has 0 amide bonds. The van der Waals surface area contributed by atoms with E-state index in [-0.39, 0.29) is 12.1 Å². The molecule has 2 aromatic heterocycles. The maximum atomic E-state index is 12.2. The second-order valence-corrected chi connectivity index (χ2v) is 4.97. The molecule has 1 unspecified atom stereocenters. The zero-order valence-electron chi connectivity index (χ0n) is 9.16. The van der Waals surface area contributed by atoms with Crippen molar-refractivity contribution in [2.75, 3.05) is 11.9 Å². The third kappa shape index (κ3) is 1.56. The Bertz CT molecular complexity index is 676. The molecule has 0 saturated heterocycles. The first-order chi connectivity index (χ1) is 8.70. The fourth-order valence-electron chi connectivity index (χ4n) is 1.88. The summed E-state index contributed by atoms with van der Waals surface area (Å²) in [4.78, 5) is 28.2. The van der Waals surface area contributed by atoms with Gasteiger partial charge >= 0.3 is 0 Å². The average Bonchev–Trinajstić information content (AvgIpc) is 2.97. The van der Waals surface area contributed by atoms with E-state index in [9.17, 15) is 14.7 Å². The Kier molecular flexibility index (Phi) is 2.49. The summed E-state index contributed by atoms with van der Waals surface area (Å²) in [6.45, 7) is 0.274. The van der Waals surface area contributed by atoms with E-state index in [1.54, 1.807) is 12.1 Å². The number of aldehydes is 1. The number of aliphatic hydroxyl groups is 1. The molecule has 0 aliphatic carbocycles. The third-order valence-corrected chi connectivity index (χ3v) is 3.79. The van der Waals surface area contributed by atoms with Crippen LogP contribution in [0.5, 0.6) is 0 Å². The molecule has 2 aromatic rings. The summed E-state index contributed by atoms with van der Waals surface area (Å²) >= 11 is 1.22. The number of anilines is 1. The van der Waals surface area contributed by atoms with Gasteiger partial charge in [-0.1, -0.05) is 0 Å². The molecule has 0 fully saturated rings. The Morgan fingerprint density at radius 3 is 3.11 bits per heavy atom. The zero-order valence-corrected chi connectivity index (χ0v) is 9.98. The first kappa shape index (κ1) is 11.1. The van der Waals surface area contributed by atoms with Crippen LogP contribution in [0.2, 0.25) is 0 Å². The Balaban J connectivity index is 2.17. The highest BCUT2D eigenvalue weighted by Gasteiger charge is 2.23. The molecule has 3 rings (SSSR count). The fourth-order valence-corrected chi connectivity index (χ4v) is 2.70. The molecule has 0 saturated carbocycles. The summed E-state index contributed by atoms with van der Waals surface area (Å²) in [6, 6.07) is 3.35. The lowest BCUT2D eigenvalue weighted by Crippen LogP contribution is -2.23. The van der Waals surface area contributed by atoms with Gasteiger partial charge in [0.2, 0.25) is 5.95 Å². The van der Waals surface area contributed by atoms with Gasteiger partial charge in [-0.15, -0.1) is 11.3 Å². The number of nitrogens with one attached hydrogen (secondary N) is 1. The molecule has 2 N–H and O–H groups in total. The molecule has 0 aromatic carbocycles. The standard InChI is InChI=1S/C11H9N3O3S/c15-5-6-1-2-8(18-6)7-3-12-11-13-4-9(16)14(11)10(7)17/h1-3,5,9,16H,4H2,(H,12,13). The molecule has 6 nitrogen and oxygen atoms in total. The van der Waals surface area contributed by atoms with Crippen molar-refractivity contribution in [3.63, 3.8) is 0 Å². The van der Waals surface area contributed by atoms with Gasteiger partial charge in [-0.05, 0) is 12.1 Å². The number of carbonyl (C=O) groups excluding carboxylic acids is 1. The van der Waals surface area contributed by atoms with Crippen LogP contribution in [0.3, 0.4) is 0 Å². The molecule has 0 spiro atoms. The van der Waals surface area contributed by atoms with Crippen molar-refractivity contribution >= 4 is 23.6 Å². The van der Waals surface area contributed by atoms with E-state index in [0.717, 1.165) is 6.29 Å². The van der Waals surface area contributed by atoms with Crippen LogP contribution in [0.25, 0.3) is 10.4 Å². The summed E-state index contributed by atoms with van der Waals surface area (Å²) in [5, 5.41) is 12.5. The van der Waals surface area contributed by atoms with Crippen LogP contribution in [0.15, 0.2) is 23.1 Å². The number of rotatable bonds is 2. The van der Waals surface area contributed by atoms with Crippen LogP contribution in [-0.4, -0.2) is 27.5 Å². The van der Waals surface area contributed by atoms with Crippen LogP contribution in [0.4, 0.5) is 5.95 Å². The summed E-state index contributed by atoms with van der Waals surface area (Å²) in [5.74, 6) is 0.364. The molecule has 92 valence electrons. The topological polar surface area (TPSA) is 84.2 Å². The molecule has 1 atom stereocenters. The number of carbonyl (C=O) groups is 1. The van der Waals surface area contributed by atoms with Gasteiger partial charge in [0.1, 0.15) is 0 Å². The van der Waals surface area contributed by atoms with Crippen LogP contribution in [0, 0.1) is 0 Å². The van der Waals surface area contributed by atoms with E-state index < -0.39 is 6.23 Å². The first-order valence-corrected chi connectivity index (χ1v) is 6.11. The largest absolute Gasteiger partial charge is 0.371 e. The van der Waals surface area contributed by atoms with Gasteiger partial charge < -0.3 is 10.4 Å². The van der Waals surface area contributed by atoms with Gasteiger partial charge in [-0.2, -0.15) is 0 Å². The lowest BCUT2D eigenvalue weighted by atomic mass is 10.2. The van der Waals surface area contributed by atoms with Crippen molar-refractivity contribution in [3.8, 4) is 10.4 Å². The van der Waals surface area contributed by atoms with Gasteiger partial charge in [0.05, 0.1) is 17.0 Å². The number of β-amino-alcohol motifs (C(OH)–C–C–N with tert-alkyl or cyclic N) is 1. The molecule has 7 heteroatoms. The molecular formula is C11H9N3O3S. The number of fused-ring (bicyclic) bond motifs is 1. The van der Waals surface area contributed by atoms with Crippen LogP contribution in [-0.2, 0) is 0 Å². The maximum absolute atomic E-state index is 12.2. The number of aliphatic hydroxyl groups excluding tert-OH is 1. The lowest BCUT2D eigenvalue weighted by Gasteiger charge is -2.06. The van der Waals surface area contributed by atoms with Gasteiger partial charge in [-0.25, -0.2) is 9.55 Å². The van der Waals surface area contributed by atoms with Crippen LogP contribution < -0.4 is 10.9 Å². The van der Waals surface area contributed by atoms with Gasteiger partial charge in [0.25, 0.3) is 5.56 Å². The van der Waals surface area contributed by atoms with Crippen LogP contribution in [0.1, 0.15) is 15.9 Å². The number of hydrogen-bond acceptors (Lipinski definition) is 6. The molecule has 0 bridgehead atoms. The third-order valence-electron chi connectivity index (χ3n) is 2.74. The van der Waals surface area contributed by atoms with Gasteiger partial charge in [-0.3, -0.25) is 9.59 Å². The van der Waals surface area contributed by atoms with Crippen molar-refractivity contribution < 1.29 is 9.90 Å². The van der Waals surface area contributed by atoms with E-state index in [2.05, 4.69) is 10.3 Å². The quantitative estimate of drug-likeness (QED) is 0.779. The van der Waals surface area contributed by atoms with Crippen molar-refractivity contribution in [1.82, 2.24) is 9.55 Å². The molecule has 0 radical (unpaired) electrons. The van der Waals surface area contributed by atoms with Crippen LogP contribution >= 0.6 is 11.3 Å². The summed E-state index contributed by atoms with van der Waals surface area (Å²) < 4.78 is 1.22. The monoisotopic (exact) mass is 263 g/mol. The van der Waals surface area contributed by atoms with E-state index in [0.29, 0.717) is 21.3 Å². The Labute approximate surface area is 106 Å². The zero-order chi connectivity index (χ0) is 12.7. The van der Waals surface area contributed by atoms with E-state index in [1.807, 2.05) is 0 Å². The highest BCUT2D eigenvalue weighted by molar-refractivity contribution is 7.17. The minimum Gasteiger partial charge on any atom is -0.371 e. The summed E-state index contributed by atoms with van der Waals surface area (Å²) in [5.41, 5.74) is 0.0800. The molecular weight excluding hydrogens is 254 g/mol. The van der Waals surface area contributed by atoms with E-state index >= 15 is 0 Å². The number of thiophene rings is 1. The Morgan fingerprint density at radius 1 is 1.56 bits per heavy atom. The lowest BCUT2D eigenvalue weighted by molar-refractivity contribution is 0.112. The van der Waals surface area contributed by atoms with Crippen molar-refractivity contribution in [1.29, 1.82) is 0 Å². The second kappa shape index (κ2) is 4.04. The summed E-state index contributed by atoms with van der Waals surface area (Å²) in [6.07, 6.45) is 1.30. The predicted octanol–water partition coefficient (Wildman–Crippen LogP) is 0.701. The highest BCUT2D eigenvalue weighted by Crippen LogP contribution is 2.26. The van der Waals surface area contributed by atoms with Crippen molar-refractivity contribution in [2.24, 2.45) is 0 Å². The molecule has 1 aliphatic heterocycles. The predicted molar refractivity (Wildman–Crippen MR) is 66.9 cm³/mol. The Morgan fingerprint density at radius 2 is 2.39 bits per heavy atom.